The molecule has 2 N–H and O–H groups in total. The molecule has 1 saturated carbocycles. The first-order chi connectivity index (χ1) is 7.14. The minimum atomic E-state index is -1.03. The van der Waals surface area contributed by atoms with E-state index in [0.717, 1.165) is 19.3 Å². The highest BCUT2D eigenvalue weighted by Crippen LogP contribution is 2.36. The van der Waals surface area contributed by atoms with Crippen molar-refractivity contribution in [1.82, 2.24) is 0 Å². The average Bonchev–Trinajstić information content (AvgIpc) is 2.27. The van der Waals surface area contributed by atoms with Crippen LogP contribution in [0.1, 0.15) is 39.0 Å². The molecule has 15 heavy (non-hydrogen) atoms. The molecule has 0 bridgehead atoms. The molecule has 1 fully saturated rings. The molecular formula is C11H20O4. The molecule has 0 aromatic carbocycles. The largest absolute Gasteiger partial charge is 0.479 e. The highest BCUT2D eigenvalue weighted by atomic mass is 16.5. The van der Waals surface area contributed by atoms with Gasteiger partial charge < -0.3 is 14.9 Å². The fourth-order valence-electron chi connectivity index (χ4n) is 2.21. The van der Waals surface area contributed by atoms with E-state index in [-0.39, 0.29) is 13.2 Å². The molecule has 1 aliphatic rings. The maximum Gasteiger partial charge on any atom is 0.335 e. The van der Waals surface area contributed by atoms with Gasteiger partial charge in [-0.1, -0.05) is 13.3 Å². The highest BCUT2D eigenvalue weighted by Gasteiger charge is 2.42. The fourth-order valence-corrected chi connectivity index (χ4v) is 2.21. The normalized spacial score (nSPS) is 31.5. The number of carboxylic acids is 1. The Hall–Kier alpha value is -0.610. The van der Waals surface area contributed by atoms with E-state index in [1.165, 1.54) is 0 Å². The minimum absolute atomic E-state index is 0.114. The quantitative estimate of drug-likeness (QED) is 0.729. The molecule has 4 heteroatoms. The van der Waals surface area contributed by atoms with Crippen molar-refractivity contribution in [2.75, 3.05) is 13.2 Å². The molecule has 0 aromatic heterocycles. The summed E-state index contributed by atoms with van der Waals surface area (Å²) in [6.07, 6.45) is 4.07. The zero-order chi connectivity index (χ0) is 11.3. The second-order valence-corrected chi connectivity index (χ2v) is 4.22. The lowest BCUT2D eigenvalue weighted by Crippen LogP contribution is -2.45. The third-order valence-electron chi connectivity index (χ3n) is 3.35. The number of ether oxygens (including phenoxy) is 1. The van der Waals surface area contributed by atoms with Crippen LogP contribution in [0.4, 0.5) is 0 Å². The van der Waals surface area contributed by atoms with Crippen LogP contribution in [-0.4, -0.2) is 35.0 Å². The average molecular weight is 216 g/mol. The summed E-state index contributed by atoms with van der Waals surface area (Å²) in [7, 11) is 0. The van der Waals surface area contributed by atoms with Crippen molar-refractivity contribution >= 4 is 5.97 Å². The standard InChI is InChI=1S/C11H20O4/c1-2-9-3-5-11(6-4-9,10(13)14)15-8-7-12/h9,12H,2-8H2,1H3,(H,13,14). The number of rotatable bonds is 5. The van der Waals surface area contributed by atoms with E-state index in [2.05, 4.69) is 6.92 Å². The zero-order valence-corrected chi connectivity index (χ0v) is 9.24. The maximum atomic E-state index is 11.2. The van der Waals surface area contributed by atoms with E-state index < -0.39 is 11.6 Å². The summed E-state index contributed by atoms with van der Waals surface area (Å²) in [4.78, 5) is 11.2. The van der Waals surface area contributed by atoms with Gasteiger partial charge in [-0.25, -0.2) is 4.79 Å². The van der Waals surface area contributed by atoms with E-state index in [0.29, 0.717) is 18.8 Å². The third kappa shape index (κ3) is 2.92. The molecule has 0 radical (unpaired) electrons. The van der Waals surface area contributed by atoms with Crippen molar-refractivity contribution in [1.29, 1.82) is 0 Å². The van der Waals surface area contributed by atoms with Gasteiger partial charge >= 0.3 is 5.97 Å². The van der Waals surface area contributed by atoms with Crippen LogP contribution >= 0.6 is 0 Å². The molecular weight excluding hydrogens is 196 g/mol. The van der Waals surface area contributed by atoms with Crippen LogP contribution in [0.25, 0.3) is 0 Å². The van der Waals surface area contributed by atoms with Crippen molar-refractivity contribution in [3.63, 3.8) is 0 Å². The molecule has 1 rings (SSSR count). The van der Waals surface area contributed by atoms with Crippen LogP contribution in [0.2, 0.25) is 0 Å². The summed E-state index contributed by atoms with van der Waals surface area (Å²) < 4.78 is 5.32. The van der Waals surface area contributed by atoms with E-state index >= 15 is 0 Å². The fraction of sp³-hybridized carbons (Fsp3) is 0.909. The van der Waals surface area contributed by atoms with Crippen molar-refractivity contribution in [3.8, 4) is 0 Å². The van der Waals surface area contributed by atoms with E-state index in [1.54, 1.807) is 0 Å². The second-order valence-electron chi connectivity index (χ2n) is 4.22. The summed E-state index contributed by atoms with van der Waals surface area (Å²) in [5.74, 6) is -0.249. The molecule has 0 aromatic rings. The monoisotopic (exact) mass is 216 g/mol. The van der Waals surface area contributed by atoms with Gasteiger partial charge in [0, 0.05) is 0 Å². The van der Waals surface area contributed by atoms with Crippen molar-refractivity contribution in [2.24, 2.45) is 5.92 Å². The molecule has 0 atom stereocenters. The highest BCUT2D eigenvalue weighted by molar-refractivity contribution is 5.77. The number of aliphatic hydroxyl groups excluding tert-OH is 1. The van der Waals surface area contributed by atoms with Crippen LogP contribution in [-0.2, 0) is 9.53 Å². The lowest BCUT2D eigenvalue weighted by molar-refractivity contribution is -0.173. The van der Waals surface area contributed by atoms with Crippen molar-refractivity contribution < 1.29 is 19.7 Å². The summed E-state index contributed by atoms with van der Waals surface area (Å²) >= 11 is 0. The second kappa shape index (κ2) is 5.47. The van der Waals surface area contributed by atoms with E-state index in [4.69, 9.17) is 14.9 Å². The predicted octanol–water partition coefficient (Wildman–Crippen LogP) is 1.42. The van der Waals surface area contributed by atoms with Gasteiger partial charge in [0.15, 0.2) is 5.60 Å². The van der Waals surface area contributed by atoms with Crippen LogP contribution in [0.15, 0.2) is 0 Å². The molecule has 0 aliphatic heterocycles. The Morgan fingerprint density at radius 2 is 2.07 bits per heavy atom. The number of aliphatic carboxylic acids is 1. The summed E-state index contributed by atoms with van der Waals surface area (Å²) in [5.41, 5.74) is -1.03. The van der Waals surface area contributed by atoms with Gasteiger partial charge in [0.1, 0.15) is 0 Å². The molecule has 88 valence electrons. The number of aliphatic hydroxyl groups is 1. The third-order valence-corrected chi connectivity index (χ3v) is 3.35. The van der Waals surface area contributed by atoms with Gasteiger partial charge in [-0.05, 0) is 31.6 Å². The summed E-state index contributed by atoms with van der Waals surface area (Å²) in [6, 6.07) is 0. The molecule has 0 saturated heterocycles. The predicted molar refractivity (Wildman–Crippen MR) is 55.7 cm³/mol. The Kier molecular flexibility index (Phi) is 4.54. The molecule has 0 spiro atoms. The first kappa shape index (κ1) is 12.5. The Labute approximate surface area is 90.2 Å². The number of hydrogen-bond acceptors (Lipinski definition) is 3. The molecule has 0 unspecified atom stereocenters. The van der Waals surface area contributed by atoms with Crippen molar-refractivity contribution in [3.05, 3.63) is 0 Å². The van der Waals surface area contributed by atoms with Crippen molar-refractivity contribution in [2.45, 2.75) is 44.6 Å². The summed E-state index contributed by atoms with van der Waals surface area (Å²) in [5, 5.41) is 17.8. The minimum Gasteiger partial charge on any atom is -0.479 e. The lowest BCUT2D eigenvalue weighted by Gasteiger charge is -2.36. The molecule has 0 amide bonds. The Bertz CT molecular complexity index is 207. The molecule has 4 nitrogen and oxygen atoms in total. The zero-order valence-electron chi connectivity index (χ0n) is 9.24. The van der Waals surface area contributed by atoms with Gasteiger partial charge in [-0.15, -0.1) is 0 Å². The first-order valence-corrected chi connectivity index (χ1v) is 5.63. The van der Waals surface area contributed by atoms with Gasteiger partial charge in [-0.3, -0.25) is 0 Å². The molecule has 0 heterocycles. The van der Waals surface area contributed by atoms with E-state index in [9.17, 15) is 4.79 Å². The molecule has 1 aliphatic carbocycles. The van der Waals surface area contributed by atoms with Crippen LogP contribution in [0.3, 0.4) is 0 Å². The van der Waals surface area contributed by atoms with Crippen LogP contribution in [0, 0.1) is 5.92 Å². The number of carbonyl (C=O) groups is 1. The SMILES string of the molecule is CCC1CCC(OCCO)(C(=O)O)CC1. The van der Waals surface area contributed by atoms with Gasteiger partial charge in [-0.2, -0.15) is 0 Å². The maximum absolute atomic E-state index is 11.2. The van der Waals surface area contributed by atoms with Gasteiger partial charge in [0.05, 0.1) is 13.2 Å². The lowest BCUT2D eigenvalue weighted by atomic mass is 9.77. The first-order valence-electron chi connectivity index (χ1n) is 5.63. The van der Waals surface area contributed by atoms with Crippen LogP contribution in [0.5, 0.6) is 0 Å². The van der Waals surface area contributed by atoms with Crippen LogP contribution < -0.4 is 0 Å². The number of hydrogen-bond donors (Lipinski definition) is 2. The Morgan fingerprint density at radius 3 is 2.47 bits per heavy atom. The van der Waals surface area contributed by atoms with Gasteiger partial charge in [0.25, 0.3) is 0 Å². The van der Waals surface area contributed by atoms with Gasteiger partial charge in [0.2, 0.25) is 0 Å². The Balaban J connectivity index is 2.56. The smallest absolute Gasteiger partial charge is 0.335 e. The topological polar surface area (TPSA) is 66.8 Å². The number of carboxylic acid groups (broad SMARTS) is 1. The Morgan fingerprint density at radius 1 is 1.47 bits per heavy atom. The summed E-state index contributed by atoms with van der Waals surface area (Å²) in [6.45, 7) is 2.13. The van der Waals surface area contributed by atoms with E-state index in [1.807, 2.05) is 0 Å².